The summed E-state index contributed by atoms with van der Waals surface area (Å²) in [5.41, 5.74) is 1.02. The number of aliphatic carboxylic acids is 1. The first-order chi connectivity index (χ1) is 9.60. The summed E-state index contributed by atoms with van der Waals surface area (Å²) < 4.78 is 1.90. The number of carboxylic acid groups (broad SMARTS) is 1. The molecule has 1 atom stereocenters. The van der Waals surface area contributed by atoms with E-state index in [1.54, 1.807) is 0 Å². The molecule has 0 amide bonds. The van der Waals surface area contributed by atoms with Crippen molar-refractivity contribution in [2.24, 2.45) is 0 Å². The molecule has 0 radical (unpaired) electrons. The number of aromatic nitrogens is 2. The molecule has 6 heteroatoms. The number of aryl methyl sites for hydroxylation is 1. The van der Waals surface area contributed by atoms with Crippen molar-refractivity contribution < 1.29 is 9.90 Å². The van der Waals surface area contributed by atoms with Gasteiger partial charge in [-0.1, -0.05) is 6.92 Å². The molecule has 20 heavy (non-hydrogen) atoms. The number of hydrogen-bond donors (Lipinski definition) is 1. The van der Waals surface area contributed by atoms with E-state index in [4.69, 9.17) is 0 Å². The van der Waals surface area contributed by atoms with Gasteiger partial charge in [0.1, 0.15) is 0 Å². The number of likely N-dealkylation sites (N-methyl/N-ethyl adjacent to an activating group) is 1. The lowest BCUT2D eigenvalue weighted by molar-refractivity contribution is -0.138. The third-order valence-electron chi connectivity index (χ3n) is 3.84. The van der Waals surface area contributed by atoms with Gasteiger partial charge in [0, 0.05) is 50.5 Å². The highest BCUT2D eigenvalue weighted by Gasteiger charge is 2.26. The van der Waals surface area contributed by atoms with Crippen LogP contribution in [0.15, 0.2) is 12.4 Å². The van der Waals surface area contributed by atoms with Gasteiger partial charge in [0.2, 0.25) is 0 Å². The Bertz CT molecular complexity index is 438. The number of nitrogens with zero attached hydrogens (tertiary/aromatic N) is 4. The van der Waals surface area contributed by atoms with Crippen molar-refractivity contribution in [3.8, 4) is 0 Å². The highest BCUT2D eigenvalue weighted by atomic mass is 16.4. The van der Waals surface area contributed by atoms with E-state index >= 15 is 0 Å². The van der Waals surface area contributed by atoms with Crippen LogP contribution in [-0.4, -0.2) is 63.9 Å². The molecule has 0 bridgehead atoms. The Labute approximate surface area is 120 Å². The van der Waals surface area contributed by atoms with Gasteiger partial charge in [-0.05, 0) is 13.5 Å². The molecule has 0 aliphatic carbocycles. The van der Waals surface area contributed by atoms with Gasteiger partial charge in [0.05, 0.1) is 12.6 Å². The Hall–Kier alpha value is -1.40. The third kappa shape index (κ3) is 3.80. The molecule has 2 heterocycles. The molecule has 6 nitrogen and oxygen atoms in total. The van der Waals surface area contributed by atoms with Crippen molar-refractivity contribution >= 4 is 5.97 Å². The van der Waals surface area contributed by atoms with E-state index in [0.717, 1.165) is 44.7 Å². The fraction of sp³-hybridized carbons (Fsp3) is 0.714. The monoisotopic (exact) mass is 280 g/mol. The molecule has 1 saturated heterocycles. The van der Waals surface area contributed by atoms with E-state index < -0.39 is 5.97 Å². The zero-order valence-electron chi connectivity index (χ0n) is 12.3. The molecule has 1 aliphatic heterocycles. The summed E-state index contributed by atoms with van der Waals surface area (Å²) in [7, 11) is 2.10. The van der Waals surface area contributed by atoms with Crippen molar-refractivity contribution in [2.45, 2.75) is 32.4 Å². The largest absolute Gasteiger partial charge is 0.481 e. The molecule has 1 N–H and O–H groups in total. The van der Waals surface area contributed by atoms with Crippen LogP contribution in [0.3, 0.4) is 0 Å². The Morgan fingerprint density at radius 2 is 2.10 bits per heavy atom. The average Bonchev–Trinajstić information content (AvgIpc) is 2.86. The summed E-state index contributed by atoms with van der Waals surface area (Å²) >= 11 is 0. The van der Waals surface area contributed by atoms with Crippen LogP contribution >= 0.6 is 0 Å². The van der Waals surface area contributed by atoms with Crippen molar-refractivity contribution in [3.05, 3.63) is 18.0 Å². The lowest BCUT2D eigenvalue weighted by atomic mass is 10.0. The molecule has 1 fully saturated rings. The molecule has 112 valence electrons. The van der Waals surface area contributed by atoms with Gasteiger partial charge in [-0.2, -0.15) is 5.10 Å². The average molecular weight is 280 g/mol. The molecule has 1 unspecified atom stereocenters. The molecular weight excluding hydrogens is 256 g/mol. The van der Waals surface area contributed by atoms with Crippen LogP contribution in [0.25, 0.3) is 0 Å². The maximum Gasteiger partial charge on any atom is 0.305 e. The molecule has 0 saturated carbocycles. The number of hydrogen-bond acceptors (Lipinski definition) is 4. The first-order valence-electron chi connectivity index (χ1n) is 7.27. The summed E-state index contributed by atoms with van der Waals surface area (Å²) in [6.45, 7) is 6.78. The van der Waals surface area contributed by atoms with Crippen LogP contribution < -0.4 is 0 Å². The van der Waals surface area contributed by atoms with Gasteiger partial charge in [0.25, 0.3) is 0 Å². The van der Waals surface area contributed by atoms with E-state index in [9.17, 15) is 9.90 Å². The Morgan fingerprint density at radius 1 is 1.40 bits per heavy atom. The van der Waals surface area contributed by atoms with E-state index in [-0.39, 0.29) is 12.5 Å². The van der Waals surface area contributed by atoms with Gasteiger partial charge in [-0.25, -0.2) is 0 Å². The zero-order valence-corrected chi connectivity index (χ0v) is 12.3. The van der Waals surface area contributed by atoms with Crippen LogP contribution in [-0.2, 0) is 11.3 Å². The van der Waals surface area contributed by atoms with E-state index in [1.165, 1.54) is 0 Å². The first-order valence-corrected chi connectivity index (χ1v) is 7.27. The van der Waals surface area contributed by atoms with Crippen molar-refractivity contribution in [2.75, 3.05) is 33.2 Å². The summed E-state index contributed by atoms with van der Waals surface area (Å²) in [6, 6.07) is -0.0631. The van der Waals surface area contributed by atoms with Crippen LogP contribution in [0.1, 0.15) is 31.4 Å². The highest BCUT2D eigenvalue weighted by molar-refractivity contribution is 5.67. The number of carboxylic acids is 1. The molecule has 1 aromatic rings. The summed E-state index contributed by atoms with van der Waals surface area (Å²) in [6.07, 6.45) is 4.98. The number of piperazine rings is 1. The second kappa shape index (κ2) is 6.85. The maximum atomic E-state index is 11.2. The van der Waals surface area contributed by atoms with Gasteiger partial charge >= 0.3 is 5.97 Å². The van der Waals surface area contributed by atoms with Crippen LogP contribution in [0.4, 0.5) is 0 Å². The Kier molecular flexibility index (Phi) is 5.14. The predicted octanol–water partition coefficient (Wildman–Crippen LogP) is 1.06. The lowest BCUT2D eigenvalue weighted by Crippen LogP contribution is -2.46. The van der Waals surface area contributed by atoms with Gasteiger partial charge in [-0.15, -0.1) is 0 Å². The number of rotatable bonds is 6. The first kappa shape index (κ1) is 15.0. The molecule has 2 rings (SSSR count). The van der Waals surface area contributed by atoms with E-state index in [1.807, 2.05) is 17.1 Å². The minimum Gasteiger partial charge on any atom is -0.481 e. The second-order valence-electron chi connectivity index (χ2n) is 5.49. The highest BCUT2D eigenvalue weighted by Crippen LogP contribution is 2.25. The summed E-state index contributed by atoms with van der Waals surface area (Å²) in [4.78, 5) is 15.7. The van der Waals surface area contributed by atoms with Gasteiger partial charge in [-0.3, -0.25) is 14.4 Å². The minimum atomic E-state index is -0.753. The van der Waals surface area contributed by atoms with E-state index in [0.29, 0.717) is 0 Å². The van der Waals surface area contributed by atoms with Crippen LogP contribution in [0.2, 0.25) is 0 Å². The van der Waals surface area contributed by atoms with E-state index in [2.05, 4.69) is 28.9 Å². The second-order valence-corrected chi connectivity index (χ2v) is 5.49. The smallest absolute Gasteiger partial charge is 0.305 e. The molecule has 0 spiro atoms. The summed E-state index contributed by atoms with van der Waals surface area (Å²) in [5.74, 6) is -0.753. The van der Waals surface area contributed by atoms with Crippen molar-refractivity contribution in [1.29, 1.82) is 0 Å². The van der Waals surface area contributed by atoms with Crippen molar-refractivity contribution in [1.82, 2.24) is 19.6 Å². The summed E-state index contributed by atoms with van der Waals surface area (Å²) in [5, 5.41) is 13.5. The fourth-order valence-electron chi connectivity index (χ4n) is 2.66. The fourth-order valence-corrected chi connectivity index (χ4v) is 2.66. The molecule has 0 aromatic carbocycles. The lowest BCUT2D eigenvalue weighted by Gasteiger charge is -2.37. The Morgan fingerprint density at radius 3 is 2.70 bits per heavy atom. The predicted molar refractivity (Wildman–Crippen MR) is 76.6 cm³/mol. The number of carbonyl (C=O) groups is 1. The Balaban J connectivity index is 2.11. The quantitative estimate of drug-likeness (QED) is 0.844. The minimum absolute atomic E-state index is 0.0631. The van der Waals surface area contributed by atoms with Gasteiger partial charge < -0.3 is 10.0 Å². The topological polar surface area (TPSA) is 61.6 Å². The van der Waals surface area contributed by atoms with Gasteiger partial charge in [0.15, 0.2) is 0 Å². The molecule has 1 aromatic heterocycles. The van der Waals surface area contributed by atoms with Crippen molar-refractivity contribution in [3.63, 3.8) is 0 Å². The normalized spacial score (nSPS) is 19.1. The molecule has 1 aliphatic rings. The standard InChI is InChI=1S/C14H24N4O2/c1-3-4-18-11-12(10-15-18)13(9-14(19)20)17-7-5-16(2)6-8-17/h10-11,13H,3-9H2,1-2H3,(H,19,20). The maximum absolute atomic E-state index is 11.2. The van der Waals surface area contributed by atoms with Crippen LogP contribution in [0.5, 0.6) is 0 Å². The third-order valence-corrected chi connectivity index (χ3v) is 3.84. The SMILES string of the molecule is CCCn1cc(C(CC(=O)O)N2CCN(C)CC2)cn1. The zero-order chi connectivity index (χ0) is 14.5. The molecular formula is C14H24N4O2. The van der Waals surface area contributed by atoms with Crippen LogP contribution in [0, 0.1) is 0 Å².